The van der Waals surface area contributed by atoms with Gasteiger partial charge in [-0.25, -0.2) is 4.79 Å². The molecule has 2 aliphatic rings. The monoisotopic (exact) mass is 487 g/mol. The Morgan fingerprint density at radius 2 is 1.63 bits per heavy atom. The van der Waals surface area contributed by atoms with Gasteiger partial charge in [0, 0.05) is 25.9 Å². The van der Waals surface area contributed by atoms with Gasteiger partial charge in [-0.05, 0) is 74.1 Å². The molecule has 0 radical (unpaired) electrons. The number of nitrogens with zero attached hydrogens (tertiary/aromatic N) is 3. The van der Waals surface area contributed by atoms with E-state index in [4.69, 9.17) is 4.74 Å². The number of carbonyl (C=O) groups excluding carboxylic acids is 3. The molecule has 1 aliphatic carbocycles. The van der Waals surface area contributed by atoms with E-state index in [-0.39, 0.29) is 22.9 Å². The van der Waals surface area contributed by atoms with Crippen LogP contribution in [0.1, 0.15) is 43.7 Å². The number of pyridine rings is 1. The van der Waals surface area contributed by atoms with Crippen LogP contribution in [0.4, 0.5) is 18.0 Å². The van der Waals surface area contributed by atoms with Crippen LogP contribution in [-0.4, -0.2) is 52.8 Å². The van der Waals surface area contributed by atoms with E-state index in [2.05, 4.69) is 4.98 Å². The number of allylic oxidation sites excluding steroid dienone is 1. The number of imide groups is 2. The lowest BCUT2D eigenvalue weighted by Crippen LogP contribution is -2.53. The normalized spacial score (nSPS) is 17.4. The Bertz CT molecular complexity index is 1210. The number of amides is 4. The lowest BCUT2D eigenvalue weighted by molar-refractivity contribution is -0.138. The molecule has 2 fully saturated rings. The number of likely N-dealkylation sites (N-methyl/N-ethyl adjacent to an activating group) is 2. The first kappa shape index (κ1) is 24.4. The number of urea groups is 1. The Labute approximate surface area is 200 Å². The molecular formula is C25H24F3N3O4. The van der Waals surface area contributed by atoms with Crippen LogP contribution in [0.2, 0.25) is 0 Å². The number of ether oxygens (including phenoxy) is 1. The maximum absolute atomic E-state index is 13.3. The van der Waals surface area contributed by atoms with Crippen molar-refractivity contribution in [3.8, 4) is 17.0 Å². The molecule has 2 heterocycles. The van der Waals surface area contributed by atoms with Gasteiger partial charge >= 0.3 is 12.2 Å². The summed E-state index contributed by atoms with van der Waals surface area (Å²) < 4.78 is 46.0. The molecule has 2 aromatic rings. The van der Waals surface area contributed by atoms with Crippen LogP contribution >= 0.6 is 0 Å². The smallest absolute Gasteiger partial charge is 0.416 e. The van der Waals surface area contributed by atoms with E-state index in [1.165, 1.54) is 14.1 Å². The number of benzene rings is 1. The maximum atomic E-state index is 13.3. The van der Waals surface area contributed by atoms with E-state index in [9.17, 15) is 27.6 Å². The molecule has 0 bridgehead atoms. The summed E-state index contributed by atoms with van der Waals surface area (Å²) in [6.07, 6.45) is 0.257. The summed E-state index contributed by atoms with van der Waals surface area (Å²) in [5.74, 6) is -1.11. The van der Waals surface area contributed by atoms with Crippen molar-refractivity contribution < 1.29 is 32.3 Å². The Hall–Kier alpha value is -3.69. The summed E-state index contributed by atoms with van der Waals surface area (Å²) in [7, 11) is 2.55. The number of aromatic nitrogens is 1. The average molecular weight is 487 g/mol. The molecule has 1 aromatic heterocycles. The average Bonchev–Trinajstić information content (AvgIpc) is 3.34. The third-order valence-electron chi connectivity index (χ3n) is 6.31. The molecule has 0 unspecified atom stereocenters. The molecule has 184 valence electrons. The summed E-state index contributed by atoms with van der Waals surface area (Å²) in [6, 6.07) is 5.90. The van der Waals surface area contributed by atoms with E-state index < -0.39 is 29.6 Å². The second-order valence-corrected chi connectivity index (χ2v) is 8.71. The first-order valence-corrected chi connectivity index (χ1v) is 11.1. The molecule has 1 saturated carbocycles. The number of alkyl halides is 3. The zero-order valence-electron chi connectivity index (χ0n) is 19.5. The van der Waals surface area contributed by atoms with Crippen LogP contribution in [0.15, 0.2) is 42.1 Å². The first-order chi connectivity index (χ1) is 16.5. The zero-order valence-corrected chi connectivity index (χ0v) is 19.5. The summed E-state index contributed by atoms with van der Waals surface area (Å²) in [4.78, 5) is 43.5. The molecule has 4 rings (SSSR count). The van der Waals surface area contributed by atoms with E-state index in [0.29, 0.717) is 16.9 Å². The van der Waals surface area contributed by atoms with Gasteiger partial charge in [0.25, 0.3) is 11.8 Å². The fraction of sp³-hybridized carbons (Fsp3) is 0.360. The minimum absolute atomic E-state index is 0.0339. The summed E-state index contributed by atoms with van der Waals surface area (Å²) in [6.45, 7) is 1.56. The second-order valence-electron chi connectivity index (χ2n) is 8.71. The quantitative estimate of drug-likeness (QED) is 0.452. The Morgan fingerprint density at radius 3 is 2.23 bits per heavy atom. The van der Waals surface area contributed by atoms with Crippen molar-refractivity contribution in [1.29, 1.82) is 0 Å². The highest BCUT2D eigenvalue weighted by Gasteiger charge is 2.39. The van der Waals surface area contributed by atoms with E-state index in [1.807, 2.05) is 0 Å². The van der Waals surface area contributed by atoms with E-state index in [1.54, 1.807) is 25.1 Å². The van der Waals surface area contributed by atoms with Gasteiger partial charge in [0.05, 0.1) is 17.4 Å². The molecule has 10 heteroatoms. The Morgan fingerprint density at radius 1 is 1.00 bits per heavy atom. The topological polar surface area (TPSA) is 79.8 Å². The predicted molar refractivity (Wildman–Crippen MR) is 121 cm³/mol. The first-order valence-electron chi connectivity index (χ1n) is 11.1. The van der Waals surface area contributed by atoms with Crippen molar-refractivity contribution in [2.75, 3.05) is 14.1 Å². The summed E-state index contributed by atoms with van der Waals surface area (Å²) >= 11 is 0. The molecule has 1 aliphatic heterocycles. The summed E-state index contributed by atoms with van der Waals surface area (Å²) in [5, 5.41) is 0. The minimum Gasteiger partial charge on any atom is -0.490 e. The SMILES string of the molecule is CC(=C1C(=O)N(C)C(=O)N(C)C1=O)c1cc(OC2CCCC2)cc(-c2cc(C(F)(F)F)ccn2)c1. The van der Waals surface area contributed by atoms with Crippen LogP contribution in [-0.2, 0) is 15.8 Å². The highest BCUT2D eigenvalue weighted by Crippen LogP contribution is 2.36. The van der Waals surface area contributed by atoms with Crippen molar-refractivity contribution in [3.63, 3.8) is 0 Å². The van der Waals surface area contributed by atoms with Crippen LogP contribution < -0.4 is 4.74 Å². The van der Waals surface area contributed by atoms with Gasteiger partial charge in [0.1, 0.15) is 11.3 Å². The molecule has 1 saturated heterocycles. The fourth-order valence-corrected chi connectivity index (χ4v) is 4.29. The Balaban J connectivity index is 1.85. The van der Waals surface area contributed by atoms with Crippen LogP contribution in [0.25, 0.3) is 16.8 Å². The molecule has 4 amide bonds. The van der Waals surface area contributed by atoms with Gasteiger partial charge in [0.15, 0.2) is 0 Å². The summed E-state index contributed by atoms with van der Waals surface area (Å²) in [5.41, 5.74) is 0.0477. The molecule has 0 N–H and O–H groups in total. The number of rotatable bonds is 4. The van der Waals surface area contributed by atoms with Gasteiger partial charge in [-0.15, -0.1) is 0 Å². The second kappa shape index (κ2) is 9.16. The van der Waals surface area contributed by atoms with Crippen molar-refractivity contribution in [3.05, 3.63) is 53.2 Å². The van der Waals surface area contributed by atoms with Gasteiger partial charge < -0.3 is 4.74 Å². The van der Waals surface area contributed by atoms with Gasteiger partial charge in [-0.1, -0.05) is 0 Å². The zero-order chi connectivity index (χ0) is 25.5. The standard InChI is InChI=1S/C25H24F3N3O4/c1-14(21-22(32)30(2)24(34)31(3)23(21)33)15-10-16(12-19(11-15)35-18-6-4-5-7-18)20-13-17(8-9-29-20)25(26,27)28/h8-13,18H,4-7H2,1-3H3. The molecule has 1 aromatic carbocycles. The van der Waals surface area contributed by atoms with E-state index >= 15 is 0 Å². The lowest BCUT2D eigenvalue weighted by Gasteiger charge is -2.30. The number of hydrogen-bond donors (Lipinski definition) is 0. The third-order valence-corrected chi connectivity index (χ3v) is 6.31. The highest BCUT2D eigenvalue weighted by molar-refractivity contribution is 6.31. The van der Waals surface area contributed by atoms with Gasteiger partial charge in [-0.2, -0.15) is 13.2 Å². The number of carbonyl (C=O) groups is 3. The van der Waals surface area contributed by atoms with Crippen LogP contribution in [0, 0.1) is 0 Å². The van der Waals surface area contributed by atoms with Crippen molar-refractivity contribution in [2.45, 2.75) is 44.9 Å². The molecule has 35 heavy (non-hydrogen) atoms. The van der Waals surface area contributed by atoms with Crippen LogP contribution in [0.5, 0.6) is 5.75 Å². The predicted octanol–water partition coefficient (Wildman–Crippen LogP) is 4.91. The number of barbiturate groups is 1. The Kier molecular flexibility index (Phi) is 6.40. The van der Waals surface area contributed by atoms with Gasteiger partial charge in [-0.3, -0.25) is 24.4 Å². The maximum Gasteiger partial charge on any atom is 0.416 e. The van der Waals surface area contributed by atoms with Crippen LogP contribution in [0.3, 0.4) is 0 Å². The highest BCUT2D eigenvalue weighted by atomic mass is 19.4. The molecular weight excluding hydrogens is 463 g/mol. The minimum atomic E-state index is -4.54. The molecule has 7 nitrogen and oxygen atoms in total. The van der Waals surface area contributed by atoms with Gasteiger partial charge in [0.2, 0.25) is 0 Å². The fourth-order valence-electron chi connectivity index (χ4n) is 4.29. The molecule has 0 atom stereocenters. The third kappa shape index (κ3) is 4.78. The largest absolute Gasteiger partial charge is 0.490 e. The number of halogens is 3. The molecule has 0 spiro atoms. The lowest BCUT2D eigenvalue weighted by atomic mass is 9.95. The number of hydrogen-bond acceptors (Lipinski definition) is 5. The van der Waals surface area contributed by atoms with Crippen molar-refractivity contribution in [2.24, 2.45) is 0 Å². The van der Waals surface area contributed by atoms with Crippen molar-refractivity contribution >= 4 is 23.4 Å². The van der Waals surface area contributed by atoms with E-state index in [0.717, 1.165) is 53.8 Å². The van der Waals surface area contributed by atoms with Crippen molar-refractivity contribution in [1.82, 2.24) is 14.8 Å².